The first-order valence-corrected chi connectivity index (χ1v) is 7.59. The van der Waals surface area contributed by atoms with E-state index in [1.165, 1.54) is 39.2 Å². The number of nitrogens with zero attached hydrogens (tertiary/aromatic N) is 1. The van der Waals surface area contributed by atoms with Gasteiger partial charge in [-0.2, -0.15) is 0 Å². The highest BCUT2D eigenvalue weighted by Crippen LogP contribution is 2.31. The lowest BCUT2D eigenvalue weighted by Gasteiger charge is -2.35. The van der Waals surface area contributed by atoms with Crippen molar-refractivity contribution >= 4 is 5.97 Å². The van der Waals surface area contributed by atoms with Crippen LogP contribution in [0.2, 0.25) is 0 Å². The van der Waals surface area contributed by atoms with Gasteiger partial charge in [0.1, 0.15) is 0 Å². The summed E-state index contributed by atoms with van der Waals surface area (Å²) in [5.41, 5.74) is -0.411. The SMILES string of the molecule is COC(=O)C(C)(C)CN(CC1CCCCN1)C1CC1. The zero-order valence-corrected chi connectivity index (χ0v) is 12.6. The van der Waals surface area contributed by atoms with Gasteiger partial charge in [0, 0.05) is 25.2 Å². The number of methoxy groups -OCH3 is 1. The van der Waals surface area contributed by atoms with E-state index in [1.54, 1.807) is 0 Å². The van der Waals surface area contributed by atoms with E-state index in [4.69, 9.17) is 4.74 Å². The summed E-state index contributed by atoms with van der Waals surface area (Å²) in [6.07, 6.45) is 6.46. The van der Waals surface area contributed by atoms with Gasteiger partial charge >= 0.3 is 5.97 Å². The highest BCUT2D eigenvalue weighted by molar-refractivity contribution is 5.76. The van der Waals surface area contributed by atoms with E-state index in [0.717, 1.165) is 19.6 Å². The molecule has 1 saturated carbocycles. The molecule has 19 heavy (non-hydrogen) atoms. The topological polar surface area (TPSA) is 41.6 Å². The van der Waals surface area contributed by atoms with Crippen LogP contribution in [-0.2, 0) is 9.53 Å². The molecule has 0 spiro atoms. The molecule has 0 aromatic rings. The number of hydrogen-bond donors (Lipinski definition) is 1. The Labute approximate surface area is 116 Å². The minimum Gasteiger partial charge on any atom is -0.469 e. The van der Waals surface area contributed by atoms with Crippen LogP contribution >= 0.6 is 0 Å². The van der Waals surface area contributed by atoms with Crippen LogP contribution in [0.1, 0.15) is 46.0 Å². The van der Waals surface area contributed by atoms with Crippen LogP contribution in [0.15, 0.2) is 0 Å². The maximum absolute atomic E-state index is 11.8. The summed E-state index contributed by atoms with van der Waals surface area (Å²) in [6.45, 7) is 7.00. The van der Waals surface area contributed by atoms with Gasteiger partial charge in [0.25, 0.3) is 0 Å². The smallest absolute Gasteiger partial charge is 0.312 e. The number of rotatable bonds is 6. The third kappa shape index (κ3) is 4.18. The van der Waals surface area contributed by atoms with E-state index >= 15 is 0 Å². The van der Waals surface area contributed by atoms with Gasteiger partial charge in [-0.25, -0.2) is 0 Å². The molecule has 1 saturated heterocycles. The number of nitrogens with one attached hydrogen (secondary N) is 1. The normalized spacial score (nSPS) is 24.5. The lowest BCUT2D eigenvalue weighted by Crippen LogP contribution is -2.48. The second-order valence-electron chi connectivity index (χ2n) is 6.68. The summed E-state index contributed by atoms with van der Waals surface area (Å²) in [7, 11) is 1.48. The van der Waals surface area contributed by atoms with E-state index in [9.17, 15) is 4.79 Å². The van der Waals surface area contributed by atoms with Crippen molar-refractivity contribution in [2.24, 2.45) is 5.41 Å². The molecule has 0 aromatic heterocycles. The summed E-state index contributed by atoms with van der Waals surface area (Å²) in [5, 5.41) is 3.60. The second-order valence-corrected chi connectivity index (χ2v) is 6.68. The fourth-order valence-electron chi connectivity index (χ4n) is 2.99. The number of esters is 1. The molecule has 2 fully saturated rings. The van der Waals surface area contributed by atoms with Gasteiger partial charge < -0.3 is 10.1 Å². The minimum atomic E-state index is -0.411. The molecular formula is C15H28N2O2. The molecule has 1 atom stereocenters. The summed E-state index contributed by atoms with van der Waals surface area (Å²) in [4.78, 5) is 14.3. The zero-order chi connectivity index (χ0) is 13.9. The van der Waals surface area contributed by atoms with Crippen molar-refractivity contribution in [1.29, 1.82) is 0 Å². The third-order valence-electron chi connectivity index (χ3n) is 4.27. The number of hydrogen-bond acceptors (Lipinski definition) is 4. The van der Waals surface area contributed by atoms with Crippen molar-refractivity contribution in [2.75, 3.05) is 26.7 Å². The summed E-state index contributed by atoms with van der Waals surface area (Å²) >= 11 is 0. The van der Waals surface area contributed by atoms with Crippen molar-refractivity contribution in [3.8, 4) is 0 Å². The second kappa shape index (κ2) is 6.23. The van der Waals surface area contributed by atoms with Crippen molar-refractivity contribution in [3.63, 3.8) is 0 Å². The molecule has 1 heterocycles. The van der Waals surface area contributed by atoms with Crippen LogP contribution in [0, 0.1) is 5.41 Å². The molecule has 1 N–H and O–H groups in total. The first-order chi connectivity index (χ1) is 9.03. The maximum atomic E-state index is 11.8. The zero-order valence-electron chi connectivity index (χ0n) is 12.6. The Hall–Kier alpha value is -0.610. The Morgan fingerprint density at radius 3 is 2.58 bits per heavy atom. The first-order valence-electron chi connectivity index (χ1n) is 7.59. The van der Waals surface area contributed by atoms with Crippen molar-refractivity contribution in [1.82, 2.24) is 10.2 Å². The molecule has 1 unspecified atom stereocenters. The summed E-state index contributed by atoms with van der Waals surface area (Å²) < 4.78 is 4.92. The van der Waals surface area contributed by atoms with Crippen molar-refractivity contribution in [2.45, 2.75) is 58.0 Å². The Morgan fingerprint density at radius 1 is 1.32 bits per heavy atom. The average Bonchev–Trinajstić information content (AvgIpc) is 3.22. The van der Waals surface area contributed by atoms with Gasteiger partial charge in [0.2, 0.25) is 0 Å². The van der Waals surface area contributed by atoms with Crippen molar-refractivity contribution < 1.29 is 9.53 Å². The van der Waals surface area contributed by atoms with Crippen molar-refractivity contribution in [3.05, 3.63) is 0 Å². The van der Waals surface area contributed by atoms with Crippen LogP contribution in [0.3, 0.4) is 0 Å². The molecule has 0 bridgehead atoms. The molecule has 110 valence electrons. The highest BCUT2D eigenvalue weighted by atomic mass is 16.5. The molecule has 2 rings (SSSR count). The molecule has 1 aliphatic carbocycles. The van der Waals surface area contributed by atoms with E-state index in [-0.39, 0.29) is 5.97 Å². The number of carbonyl (C=O) groups is 1. The Balaban J connectivity index is 1.90. The predicted octanol–water partition coefficient (Wildman–Crippen LogP) is 1.79. The van der Waals surface area contributed by atoms with Gasteiger partial charge in [-0.3, -0.25) is 9.69 Å². The van der Waals surface area contributed by atoms with Gasteiger partial charge in [-0.15, -0.1) is 0 Å². The molecule has 4 heteroatoms. The fourth-order valence-corrected chi connectivity index (χ4v) is 2.99. The number of ether oxygens (including phenoxy) is 1. The molecule has 2 aliphatic rings. The average molecular weight is 268 g/mol. The Bertz CT molecular complexity index is 307. The predicted molar refractivity (Wildman–Crippen MR) is 76.0 cm³/mol. The largest absolute Gasteiger partial charge is 0.469 e. The van der Waals surface area contributed by atoms with E-state index in [1.807, 2.05) is 13.8 Å². The van der Waals surface area contributed by atoms with E-state index in [0.29, 0.717) is 12.1 Å². The summed E-state index contributed by atoms with van der Waals surface area (Å²) in [5.74, 6) is -0.102. The standard InChI is InChI=1S/C15H28N2O2/c1-15(2,14(18)19-3)11-17(13-7-8-13)10-12-6-4-5-9-16-12/h12-13,16H,4-11H2,1-3H3. The van der Waals surface area contributed by atoms with Gasteiger partial charge in [0.15, 0.2) is 0 Å². The van der Waals surface area contributed by atoms with Crippen LogP contribution < -0.4 is 5.32 Å². The highest BCUT2D eigenvalue weighted by Gasteiger charge is 2.38. The van der Waals surface area contributed by atoms with Crippen LogP contribution in [0.4, 0.5) is 0 Å². The molecule has 0 aromatic carbocycles. The summed E-state index contributed by atoms with van der Waals surface area (Å²) in [6, 6.07) is 1.29. The molecule has 1 aliphatic heterocycles. The lowest BCUT2D eigenvalue weighted by molar-refractivity contribution is -0.152. The quantitative estimate of drug-likeness (QED) is 0.746. The molecular weight excluding hydrogens is 240 g/mol. The Morgan fingerprint density at radius 2 is 2.05 bits per heavy atom. The maximum Gasteiger partial charge on any atom is 0.312 e. The van der Waals surface area contributed by atoms with Crippen LogP contribution in [0.5, 0.6) is 0 Å². The third-order valence-corrected chi connectivity index (χ3v) is 4.27. The lowest BCUT2D eigenvalue weighted by atomic mass is 9.92. The molecule has 0 radical (unpaired) electrons. The molecule has 0 amide bonds. The monoisotopic (exact) mass is 268 g/mol. The fraction of sp³-hybridized carbons (Fsp3) is 0.933. The minimum absolute atomic E-state index is 0.102. The van der Waals surface area contributed by atoms with Crippen LogP contribution in [-0.4, -0.2) is 49.7 Å². The number of carbonyl (C=O) groups excluding carboxylic acids is 1. The Kier molecular flexibility index (Phi) is 4.85. The number of piperidine rings is 1. The van der Waals surface area contributed by atoms with Gasteiger partial charge in [0.05, 0.1) is 12.5 Å². The van der Waals surface area contributed by atoms with Gasteiger partial charge in [-0.05, 0) is 46.1 Å². The van der Waals surface area contributed by atoms with E-state index in [2.05, 4.69) is 10.2 Å². The first kappa shape index (κ1) is 14.8. The molecule has 4 nitrogen and oxygen atoms in total. The van der Waals surface area contributed by atoms with Crippen LogP contribution in [0.25, 0.3) is 0 Å². The van der Waals surface area contributed by atoms with Gasteiger partial charge in [-0.1, -0.05) is 6.42 Å². The van der Waals surface area contributed by atoms with E-state index < -0.39 is 5.41 Å².